The van der Waals surface area contributed by atoms with Crippen LogP contribution in [0.15, 0.2) is 0 Å². The van der Waals surface area contributed by atoms with Crippen molar-refractivity contribution in [2.24, 2.45) is 0 Å². The van der Waals surface area contributed by atoms with E-state index >= 15 is 0 Å². The van der Waals surface area contributed by atoms with E-state index in [4.69, 9.17) is 14.7 Å². The van der Waals surface area contributed by atoms with Gasteiger partial charge < -0.3 is 14.8 Å². The molecule has 1 atom stereocenters. The van der Waals surface area contributed by atoms with Crippen molar-refractivity contribution in [2.75, 3.05) is 0 Å². The predicted molar refractivity (Wildman–Crippen MR) is 76.4 cm³/mol. The SMILES string of the molecule is CC(C)(C)OC(=O)N[C@@H](CC#N)C(=O)OC1CCCCC1. The molecule has 1 fully saturated rings. The van der Waals surface area contributed by atoms with Gasteiger partial charge in [0.25, 0.3) is 0 Å². The molecule has 6 heteroatoms. The Bertz CT molecular complexity index is 403. The summed E-state index contributed by atoms with van der Waals surface area (Å²) in [5.74, 6) is -0.561. The van der Waals surface area contributed by atoms with Crippen molar-refractivity contribution in [3.05, 3.63) is 0 Å². The van der Waals surface area contributed by atoms with Gasteiger partial charge in [0, 0.05) is 0 Å². The molecule has 1 N–H and O–H groups in total. The normalized spacial score (nSPS) is 17.4. The lowest BCUT2D eigenvalue weighted by atomic mass is 9.98. The molecular weight excluding hydrogens is 272 g/mol. The number of amides is 1. The Morgan fingerprint density at radius 1 is 1.29 bits per heavy atom. The van der Waals surface area contributed by atoms with Crippen molar-refractivity contribution in [3.8, 4) is 6.07 Å². The quantitative estimate of drug-likeness (QED) is 0.806. The van der Waals surface area contributed by atoms with Gasteiger partial charge >= 0.3 is 12.1 Å². The third-order valence-corrected chi connectivity index (χ3v) is 3.11. The van der Waals surface area contributed by atoms with Crippen LogP contribution in [0.5, 0.6) is 0 Å². The molecule has 118 valence electrons. The van der Waals surface area contributed by atoms with Crippen molar-refractivity contribution in [3.63, 3.8) is 0 Å². The zero-order valence-corrected chi connectivity index (χ0v) is 13.0. The Morgan fingerprint density at radius 2 is 1.90 bits per heavy atom. The number of nitriles is 1. The highest BCUT2D eigenvalue weighted by Crippen LogP contribution is 2.21. The Morgan fingerprint density at radius 3 is 2.43 bits per heavy atom. The van der Waals surface area contributed by atoms with Gasteiger partial charge in [-0.05, 0) is 46.5 Å². The molecule has 0 spiro atoms. The molecule has 0 aliphatic heterocycles. The van der Waals surface area contributed by atoms with E-state index in [2.05, 4.69) is 5.32 Å². The van der Waals surface area contributed by atoms with Gasteiger partial charge in [-0.15, -0.1) is 0 Å². The number of esters is 1. The molecule has 0 unspecified atom stereocenters. The van der Waals surface area contributed by atoms with Crippen molar-refractivity contribution in [1.29, 1.82) is 5.26 Å². The molecule has 6 nitrogen and oxygen atoms in total. The molecule has 0 saturated heterocycles. The molecule has 1 aliphatic rings. The smallest absolute Gasteiger partial charge is 0.408 e. The first-order valence-corrected chi connectivity index (χ1v) is 7.39. The fraction of sp³-hybridized carbons (Fsp3) is 0.800. The van der Waals surface area contributed by atoms with Crippen LogP contribution in [-0.4, -0.2) is 29.8 Å². The third kappa shape index (κ3) is 6.98. The standard InChI is InChI=1S/C15H24N2O4/c1-15(2,3)21-14(19)17-12(9-10-16)13(18)20-11-7-5-4-6-8-11/h11-12H,4-9H2,1-3H3,(H,17,19)/t12-/m0/s1. The molecule has 0 aromatic rings. The Labute approximate surface area is 125 Å². The van der Waals surface area contributed by atoms with Gasteiger partial charge in [-0.3, -0.25) is 0 Å². The molecule has 0 radical (unpaired) electrons. The van der Waals surface area contributed by atoms with Gasteiger partial charge in [-0.25, -0.2) is 9.59 Å². The lowest BCUT2D eigenvalue weighted by Gasteiger charge is -2.25. The number of nitrogens with zero attached hydrogens (tertiary/aromatic N) is 1. The number of carbonyl (C=O) groups excluding carboxylic acids is 2. The molecule has 0 aromatic heterocycles. The first kappa shape index (κ1) is 17.3. The number of hydrogen-bond acceptors (Lipinski definition) is 5. The molecule has 0 aromatic carbocycles. The summed E-state index contributed by atoms with van der Waals surface area (Å²) in [4.78, 5) is 23.7. The Kier molecular flexibility index (Phi) is 6.47. The topological polar surface area (TPSA) is 88.4 Å². The van der Waals surface area contributed by atoms with Crippen LogP contribution in [0.25, 0.3) is 0 Å². The highest BCUT2D eigenvalue weighted by molar-refractivity contribution is 5.81. The van der Waals surface area contributed by atoms with Crippen LogP contribution in [0.3, 0.4) is 0 Å². The van der Waals surface area contributed by atoms with E-state index in [1.54, 1.807) is 20.8 Å². The van der Waals surface area contributed by atoms with Gasteiger partial charge in [-0.1, -0.05) is 6.42 Å². The van der Waals surface area contributed by atoms with Crippen LogP contribution in [0.4, 0.5) is 4.79 Å². The van der Waals surface area contributed by atoms with E-state index in [1.807, 2.05) is 6.07 Å². The minimum absolute atomic E-state index is 0.104. The van der Waals surface area contributed by atoms with Gasteiger partial charge in [0.2, 0.25) is 0 Å². The van der Waals surface area contributed by atoms with Crippen molar-refractivity contribution in [1.82, 2.24) is 5.32 Å². The van der Waals surface area contributed by atoms with Gasteiger partial charge in [0.1, 0.15) is 17.7 Å². The lowest BCUT2D eigenvalue weighted by molar-refractivity contribution is -0.153. The summed E-state index contributed by atoms with van der Waals surface area (Å²) in [6.45, 7) is 5.19. The molecular formula is C15H24N2O4. The van der Waals surface area contributed by atoms with Gasteiger partial charge in [0.05, 0.1) is 12.5 Å². The van der Waals surface area contributed by atoms with Crippen LogP contribution >= 0.6 is 0 Å². The number of hydrogen-bond donors (Lipinski definition) is 1. The third-order valence-electron chi connectivity index (χ3n) is 3.11. The average molecular weight is 296 g/mol. The second-order valence-electron chi connectivity index (χ2n) is 6.26. The van der Waals surface area contributed by atoms with Crippen LogP contribution in [0.2, 0.25) is 0 Å². The molecule has 1 amide bonds. The fourth-order valence-electron chi connectivity index (χ4n) is 2.16. The average Bonchev–Trinajstić information content (AvgIpc) is 2.37. The van der Waals surface area contributed by atoms with E-state index in [1.165, 1.54) is 0 Å². The molecule has 0 bridgehead atoms. The Balaban J connectivity index is 2.52. The highest BCUT2D eigenvalue weighted by Gasteiger charge is 2.28. The number of carbonyl (C=O) groups is 2. The zero-order chi connectivity index (χ0) is 15.9. The molecule has 21 heavy (non-hydrogen) atoms. The summed E-state index contributed by atoms with van der Waals surface area (Å²) in [5.41, 5.74) is -0.658. The van der Waals surface area contributed by atoms with Crippen LogP contribution in [-0.2, 0) is 14.3 Å². The minimum atomic E-state index is -0.980. The van der Waals surface area contributed by atoms with Gasteiger partial charge in [-0.2, -0.15) is 5.26 Å². The second kappa shape index (κ2) is 7.87. The fourth-order valence-corrected chi connectivity index (χ4v) is 2.16. The van der Waals surface area contributed by atoms with Crippen molar-refractivity contribution < 1.29 is 19.1 Å². The number of rotatable bonds is 4. The maximum absolute atomic E-state index is 12.1. The summed E-state index contributed by atoms with van der Waals surface area (Å²) in [7, 11) is 0. The molecule has 0 heterocycles. The summed E-state index contributed by atoms with van der Waals surface area (Å²) in [6.07, 6.45) is 3.97. The maximum Gasteiger partial charge on any atom is 0.408 e. The van der Waals surface area contributed by atoms with Crippen LogP contribution in [0, 0.1) is 11.3 Å². The number of alkyl carbamates (subject to hydrolysis) is 1. The van der Waals surface area contributed by atoms with Crippen molar-refractivity contribution >= 4 is 12.1 Å². The zero-order valence-electron chi connectivity index (χ0n) is 13.0. The second-order valence-corrected chi connectivity index (χ2v) is 6.26. The maximum atomic E-state index is 12.1. The molecule has 1 rings (SSSR count). The number of ether oxygens (including phenoxy) is 2. The molecule has 1 aliphatic carbocycles. The summed E-state index contributed by atoms with van der Waals surface area (Å²) >= 11 is 0. The first-order valence-electron chi connectivity index (χ1n) is 7.39. The van der Waals surface area contributed by atoms with Crippen LogP contribution < -0.4 is 5.32 Å². The Hall–Kier alpha value is -1.77. The van der Waals surface area contributed by atoms with Crippen molar-refractivity contribution in [2.45, 2.75) is 77.0 Å². The first-order chi connectivity index (χ1) is 9.81. The van der Waals surface area contributed by atoms with E-state index in [9.17, 15) is 9.59 Å². The van der Waals surface area contributed by atoms with Gasteiger partial charge in [0.15, 0.2) is 0 Å². The van der Waals surface area contributed by atoms with E-state index in [0.29, 0.717) is 0 Å². The lowest BCUT2D eigenvalue weighted by Crippen LogP contribution is -2.45. The summed E-state index contributed by atoms with van der Waals surface area (Å²) in [6, 6.07) is 0.903. The van der Waals surface area contributed by atoms with E-state index in [0.717, 1.165) is 32.1 Å². The molecule has 1 saturated carbocycles. The summed E-state index contributed by atoms with van der Waals surface area (Å²) < 4.78 is 10.5. The number of nitrogens with one attached hydrogen (secondary N) is 1. The monoisotopic (exact) mass is 296 g/mol. The largest absolute Gasteiger partial charge is 0.461 e. The van der Waals surface area contributed by atoms with E-state index < -0.39 is 23.7 Å². The highest BCUT2D eigenvalue weighted by atomic mass is 16.6. The minimum Gasteiger partial charge on any atom is -0.461 e. The van der Waals surface area contributed by atoms with E-state index in [-0.39, 0.29) is 12.5 Å². The van der Waals surface area contributed by atoms with Crippen LogP contribution in [0.1, 0.15) is 59.3 Å². The summed E-state index contributed by atoms with van der Waals surface area (Å²) in [5, 5.41) is 11.2. The predicted octanol–water partition coefficient (Wildman–Crippen LogP) is 2.67.